The molecule has 0 saturated carbocycles. The second-order valence-corrected chi connectivity index (χ2v) is 7.91. The van der Waals surface area contributed by atoms with Crippen LogP contribution in [0.2, 0.25) is 0 Å². The fraction of sp³-hybridized carbons (Fsp3) is 0.190. The minimum Gasteiger partial charge on any atom is -0.342 e. The normalized spacial score (nSPS) is 11.8. The first-order valence-electron chi connectivity index (χ1n) is 8.89. The summed E-state index contributed by atoms with van der Waals surface area (Å²) in [6.07, 6.45) is 0.534. The van der Waals surface area contributed by atoms with Crippen molar-refractivity contribution in [1.82, 2.24) is 20.1 Å². The predicted molar refractivity (Wildman–Crippen MR) is 113 cm³/mol. The number of thioether (sulfide) groups is 1. The Morgan fingerprint density at radius 3 is 2.55 bits per heavy atom. The Balaban J connectivity index is 1.86. The maximum Gasteiger partial charge on any atom is 0.251 e. The molecular weight excluding hydrogens is 411 g/mol. The summed E-state index contributed by atoms with van der Waals surface area (Å²) in [4.78, 5) is 12.7. The Hall–Kier alpha value is -2.64. The standard InChI is InChI=1S/C21H20ClFN4OS/c1-14(22)13-29-21-26-25-19(27(21)2)18(12-15-6-4-3-5-7-15)24-20(28)16-8-10-17(23)11-9-16/h3-11,18H,1,12-13H2,2H3,(H,24,28)/t18-/m1/s1. The lowest BCUT2D eigenvalue weighted by molar-refractivity contribution is 0.0934. The van der Waals surface area contributed by atoms with Gasteiger partial charge >= 0.3 is 0 Å². The van der Waals surface area contributed by atoms with E-state index in [2.05, 4.69) is 22.1 Å². The molecule has 0 aliphatic heterocycles. The maximum absolute atomic E-state index is 13.2. The van der Waals surface area contributed by atoms with Crippen LogP contribution in [0.4, 0.5) is 4.39 Å². The van der Waals surface area contributed by atoms with Crippen molar-refractivity contribution in [2.75, 3.05) is 5.75 Å². The van der Waals surface area contributed by atoms with Crippen LogP contribution >= 0.6 is 23.4 Å². The first-order valence-corrected chi connectivity index (χ1v) is 10.3. The van der Waals surface area contributed by atoms with E-state index < -0.39 is 11.9 Å². The highest BCUT2D eigenvalue weighted by molar-refractivity contribution is 7.99. The van der Waals surface area contributed by atoms with E-state index in [0.29, 0.717) is 33.8 Å². The van der Waals surface area contributed by atoms with E-state index in [4.69, 9.17) is 11.6 Å². The third-order valence-electron chi connectivity index (χ3n) is 4.23. The fourth-order valence-corrected chi connectivity index (χ4v) is 3.63. The number of nitrogens with one attached hydrogen (secondary N) is 1. The first-order chi connectivity index (χ1) is 13.9. The Morgan fingerprint density at radius 2 is 1.90 bits per heavy atom. The van der Waals surface area contributed by atoms with E-state index in [0.717, 1.165) is 5.56 Å². The molecule has 8 heteroatoms. The lowest BCUT2D eigenvalue weighted by atomic mass is 10.0. The van der Waals surface area contributed by atoms with Crippen LogP contribution < -0.4 is 5.32 Å². The van der Waals surface area contributed by atoms with Crippen molar-refractivity contribution in [3.05, 3.63) is 89.0 Å². The van der Waals surface area contributed by atoms with E-state index in [1.165, 1.54) is 36.0 Å². The smallest absolute Gasteiger partial charge is 0.251 e. The summed E-state index contributed by atoms with van der Waals surface area (Å²) in [5, 5.41) is 12.7. The van der Waals surface area contributed by atoms with Crippen molar-refractivity contribution < 1.29 is 9.18 Å². The third kappa shape index (κ3) is 5.68. The number of aromatic nitrogens is 3. The molecule has 5 nitrogen and oxygen atoms in total. The van der Waals surface area contributed by atoms with Gasteiger partial charge in [0, 0.05) is 23.4 Å². The predicted octanol–water partition coefficient (Wildman–Crippen LogP) is 4.51. The number of amides is 1. The van der Waals surface area contributed by atoms with E-state index in [1.54, 1.807) is 0 Å². The molecule has 1 atom stereocenters. The summed E-state index contributed by atoms with van der Waals surface area (Å²) < 4.78 is 15.0. The van der Waals surface area contributed by atoms with E-state index in [-0.39, 0.29) is 5.91 Å². The number of carbonyl (C=O) groups excluding carboxylic acids is 1. The summed E-state index contributed by atoms with van der Waals surface area (Å²) in [6, 6.07) is 14.8. The number of hydrogen-bond acceptors (Lipinski definition) is 4. The van der Waals surface area contributed by atoms with Crippen LogP contribution in [-0.2, 0) is 13.5 Å². The van der Waals surface area contributed by atoms with Crippen LogP contribution in [0.3, 0.4) is 0 Å². The van der Waals surface area contributed by atoms with Crippen molar-refractivity contribution in [2.45, 2.75) is 17.6 Å². The van der Waals surface area contributed by atoms with Gasteiger partial charge < -0.3 is 9.88 Å². The molecule has 1 aromatic heterocycles. The van der Waals surface area contributed by atoms with Gasteiger partial charge in [0.2, 0.25) is 0 Å². The molecular formula is C21H20ClFN4OS. The van der Waals surface area contributed by atoms with Crippen molar-refractivity contribution >= 4 is 29.3 Å². The molecule has 0 aliphatic carbocycles. The summed E-state index contributed by atoms with van der Waals surface area (Å²) in [5.74, 6) is 0.432. The molecule has 0 unspecified atom stereocenters. The van der Waals surface area contributed by atoms with Gasteiger partial charge in [-0.1, -0.05) is 60.3 Å². The Morgan fingerprint density at radius 1 is 1.21 bits per heavy atom. The average Bonchev–Trinajstić information content (AvgIpc) is 3.07. The van der Waals surface area contributed by atoms with Gasteiger partial charge in [-0.3, -0.25) is 4.79 Å². The lowest BCUT2D eigenvalue weighted by Crippen LogP contribution is -2.31. The number of carbonyl (C=O) groups is 1. The number of nitrogens with zero attached hydrogens (tertiary/aromatic N) is 3. The molecule has 29 heavy (non-hydrogen) atoms. The summed E-state index contributed by atoms with van der Waals surface area (Å²) >= 11 is 7.27. The fourth-order valence-electron chi connectivity index (χ4n) is 2.80. The molecule has 0 radical (unpaired) electrons. The van der Waals surface area contributed by atoms with E-state index in [1.807, 2.05) is 41.9 Å². The molecule has 0 bridgehead atoms. The minimum atomic E-state index is -0.416. The summed E-state index contributed by atoms with van der Waals surface area (Å²) in [5.41, 5.74) is 1.42. The summed E-state index contributed by atoms with van der Waals surface area (Å²) in [6.45, 7) is 3.68. The molecule has 0 aliphatic rings. The number of halogens is 2. The largest absolute Gasteiger partial charge is 0.342 e. The SMILES string of the molecule is C=C(Cl)CSc1nnc([C@@H](Cc2ccccc2)NC(=O)c2ccc(F)cc2)n1C. The van der Waals surface area contributed by atoms with Gasteiger partial charge in [0.05, 0.1) is 6.04 Å². The minimum absolute atomic E-state index is 0.308. The summed E-state index contributed by atoms with van der Waals surface area (Å²) in [7, 11) is 1.84. The van der Waals surface area contributed by atoms with Crippen LogP contribution in [0.25, 0.3) is 0 Å². The number of hydrogen-bond donors (Lipinski definition) is 1. The van der Waals surface area contributed by atoms with Crippen molar-refractivity contribution in [3.63, 3.8) is 0 Å². The monoisotopic (exact) mass is 430 g/mol. The van der Waals surface area contributed by atoms with E-state index in [9.17, 15) is 9.18 Å². The molecule has 1 heterocycles. The highest BCUT2D eigenvalue weighted by atomic mass is 35.5. The zero-order chi connectivity index (χ0) is 20.8. The van der Waals surface area contributed by atoms with Crippen LogP contribution in [0.1, 0.15) is 27.8 Å². The molecule has 0 fully saturated rings. The molecule has 0 spiro atoms. The third-order valence-corrected chi connectivity index (χ3v) is 5.63. The number of rotatable bonds is 8. The molecule has 3 rings (SSSR count). The molecule has 2 aromatic carbocycles. The quantitative estimate of drug-likeness (QED) is 0.534. The Labute approximate surface area is 178 Å². The first kappa shape index (κ1) is 21.1. The van der Waals surface area contributed by atoms with Gasteiger partial charge in [-0.15, -0.1) is 10.2 Å². The molecule has 0 saturated heterocycles. The Kier molecular flexibility index (Phi) is 7.06. The lowest BCUT2D eigenvalue weighted by Gasteiger charge is -2.18. The van der Waals surface area contributed by atoms with Gasteiger partial charge in [0.1, 0.15) is 5.82 Å². The maximum atomic E-state index is 13.2. The van der Waals surface area contributed by atoms with Crippen molar-refractivity contribution in [3.8, 4) is 0 Å². The van der Waals surface area contributed by atoms with E-state index >= 15 is 0 Å². The van der Waals surface area contributed by atoms with Gasteiger partial charge in [-0.25, -0.2) is 4.39 Å². The van der Waals surface area contributed by atoms with Crippen LogP contribution in [0.5, 0.6) is 0 Å². The van der Waals surface area contributed by atoms with Gasteiger partial charge in [-0.2, -0.15) is 0 Å². The molecule has 3 aromatic rings. The second-order valence-electron chi connectivity index (χ2n) is 6.43. The molecule has 1 amide bonds. The average molecular weight is 431 g/mol. The van der Waals surface area contributed by atoms with Crippen molar-refractivity contribution in [2.24, 2.45) is 7.05 Å². The van der Waals surface area contributed by atoms with Crippen LogP contribution in [0.15, 0.2) is 71.4 Å². The van der Waals surface area contributed by atoms with Gasteiger partial charge in [0.15, 0.2) is 11.0 Å². The zero-order valence-corrected chi connectivity index (χ0v) is 17.4. The number of benzene rings is 2. The highest BCUT2D eigenvalue weighted by Gasteiger charge is 2.23. The zero-order valence-electron chi connectivity index (χ0n) is 15.8. The van der Waals surface area contributed by atoms with Crippen LogP contribution in [-0.4, -0.2) is 26.4 Å². The molecule has 150 valence electrons. The van der Waals surface area contributed by atoms with Gasteiger partial charge in [-0.05, 0) is 36.2 Å². The van der Waals surface area contributed by atoms with Gasteiger partial charge in [0.25, 0.3) is 5.91 Å². The second kappa shape index (κ2) is 9.71. The Bertz CT molecular complexity index is 992. The highest BCUT2D eigenvalue weighted by Crippen LogP contribution is 2.24. The van der Waals surface area contributed by atoms with Crippen molar-refractivity contribution in [1.29, 1.82) is 0 Å². The molecule has 1 N–H and O–H groups in total. The van der Waals surface area contributed by atoms with Crippen LogP contribution in [0, 0.1) is 5.82 Å². The topological polar surface area (TPSA) is 59.8 Å².